The fraction of sp³-hybridized carbons (Fsp3) is 0.429. The SMILES string of the molecule is O=C(O)CCC(=O)N1CCN(c2ccccc2)CC1. The zero-order valence-corrected chi connectivity index (χ0v) is 10.8. The Morgan fingerprint density at radius 3 is 2.21 bits per heavy atom. The van der Waals surface area contributed by atoms with Gasteiger partial charge in [-0.2, -0.15) is 0 Å². The number of carboxylic acid groups (broad SMARTS) is 1. The highest BCUT2D eigenvalue weighted by Crippen LogP contribution is 2.15. The quantitative estimate of drug-likeness (QED) is 0.885. The predicted molar refractivity (Wildman–Crippen MR) is 72.1 cm³/mol. The maximum absolute atomic E-state index is 11.8. The molecule has 1 heterocycles. The molecule has 0 spiro atoms. The van der Waals surface area contributed by atoms with Crippen molar-refractivity contribution >= 4 is 17.6 Å². The Hall–Kier alpha value is -2.04. The van der Waals surface area contributed by atoms with Crippen molar-refractivity contribution in [3.63, 3.8) is 0 Å². The Morgan fingerprint density at radius 2 is 1.63 bits per heavy atom. The summed E-state index contributed by atoms with van der Waals surface area (Å²) in [4.78, 5) is 26.2. The summed E-state index contributed by atoms with van der Waals surface area (Å²) >= 11 is 0. The second-order valence-corrected chi connectivity index (χ2v) is 4.60. The predicted octanol–water partition coefficient (Wildman–Crippen LogP) is 1.20. The van der Waals surface area contributed by atoms with Gasteiger partial charge in [0, 0.05) is 38.3 Å². The molecule has 0 unspecified atom stereocenters. The molecule has 1 aliphatic rings. The minimum atomic E-state index is -0.920. The maximum Gasteiger partial charge on any atom is 0.303 e. The molecule has 0 aromatic heterocycles. The lowest BCUT2D eigenvalue weighted by Crippen LogP contribution is -2.48. The van der Waals surface area contributed by atoms with Crippen molar-refractivity contribution in [3.8, 4) is 0 Å². The van der Waals surface area contributed by atoms with Crippen LogP contribution in [0.4, 0.5) is 5.69 Å². The van der Waals surface area contributed by atoms with Crippen molar-refractivity contribution in [2.75, 3.05) is 31.1 Å². The lowest BCUT2D eigenvalue weighted by atomic mass is 10.2. The number of hydrogen-bond acceptors (Lipinski definition) is 3. The van der Waals surface area contributed by atoms with Crippen molar-refractivity contribution in [1.82, 2.24) is 4.90 Å². The Morgan fingerprint density at radius 1 is 1.00 bits per heavy atom. The van der Waals surface area contributed by atoms with Crippen LogP contribution in [0.25, 0.3) is 0 Å². The number of amides is 1. The van der Waals surface area contributed by atoms with Crippen LogP contribution in [0.5, 0.6) is 0 Å². The molecule has 102 valence electrons. The summed E-state index contributed by atoms with van der Waals surface area (Å²) in [7, 11) is 0. The Labute approximate surface area is 112 Å². The van der Waals surface area contributed by atoms with Crippen LogP contribution >= 0.6 is 0 Å². The molecule has 2 rings (SSSR count). The molecule has 1 amide bonds. The van der Waals surface area contributed by atoms with E-state index in [-0.39, 0.29) is 18.7 Å². The molecule has 1 N–H and O–H groups in total. The zero-order valence-electron chi connectivity index (χ0n) is 10.8. The van der Waals surface area contributed by atoms with E-state index < -0.39 is 5.97 Å². The van der Waals surface area contributed by atoms with E-state index in [1.807, 2.05) is 18.2 Å². The second-order valence-electron chi connectivity index (χ2n) is 4.60. The molecule has 0 bridgehead atoms. The highest BCUT2D eigenvalue weighted by molar-refractivity contribution is 5.81. The maximum atomic E-state index is 11.8. The molecule has 0 saturated carbocycles. The average molecular weight is 262 g/mol. The molecule has 1 aromatic rings. The standard InChI is InChI=1S/C14H18N2O3/c17-13(6-7-14(18)19)16-10-8-15(9-11-16)12-4-2-1-3-5-12/h1-5H,6-11H2,(H,18,19). The highest BCUT2D eigenvalue weighted by atomic mass is 16.4. The second kappa shape index (κ2) is 6.22. The van der Waals surface area contributed by atoms with Gasteiger partial charge >= 0.3 is 5.97 Å². The fourth-order valence-electron chi connectivity index (χ4n) is 2.22. The Balaban J connectivity index is 1.82. The van der Waals surface area contributed by atoms with E-state index in [0.29, 0.717) is 13.1 Å². The summed E-state index contributed by atoms with van der Waals surface area (Å²) in [6.45, 7) is 2.91. The first-order valence-corrected chi connectivity index (χ1v) is 6.46. The van der Waals surface area contributed by atoms with Crippen molar-refractivity contribution < 1.29 is 14.7 Å². The molecule has 1 saturated heterocycles. The van der Waals surface area contributed by atoms with Gasteiger partial charge in [0.25, 0.3) is 0 Å². The van der Waals surface area contributed by atoms with Crippen molar-refractivity contribution in [2.24, 2.45) is 0 Å². The smallest absolute Gasteiger partial charge is 0.303 e. The van der Waals surface area contributed by atoms with Gasteiger partial charge in [0.2, 0.25) is 5.91 Å². The number of rotatable bonds is 4. The summed E-state index contributed by atoms with van der Waals surface area (Å²) in [5, 5.41) is 8.57. The molecular formula is C14H18N2O3. The number of carbonyl (C=O) groups is 2. The first kappa shape index (κ1) is 13.4. The topological polar surface area (TPSA) is 60.9 Å². The van der Waals surface area contributed by atoms with Gasteiger partial charge in [-0.3, -0.25) is 9.59 Å². The summed E-state index contributed by atoms with van der Waals surface area (Å²) < 4.78 is 0. The fourth-order valence-corrected chi connectivity index (χ4v) is 2.22. The summed E-state index contributed by atoms with van der Waals surface area (Å²) in [6.07, 6.45) is 0.0123. The van der Waals surface area contributed by atoms with E-state index in [1.54, 1.807) is 4.90 Å². The van der Waals surface area contributed by atoms with Crippen LogP contribution in [-0.2, 0) is 9.59 Å². The summed E-state index contributed by atoms with van der Waals surface area (Å²) in [5.74, 6) is -0.980. The summed E-state index contributed by atoms with van der Waals surface area (Å²) in [6, 6.07) is 10.1. The third-order valence-electron chi connectivity index (χ3n) is 3.31. The number of nitrogens with zero attached hydrogens (tertiary/aromatic N) is 2. The zero-order chi connectivity index (χ0) is 13.7. The Bertz CT molecular complexity index is 439. The van der Waals surface area contributed by atoms with Crippen LogP contribution in [-0.4, -0.2) is 48.1 Å². The third kappa shape index (κ3) is 3.71. The van der Waals surface area contributed by atoms with E-state index in [0.717, 1.165) is 13.1 Å². The number of benzene rings is 1. The van der Waals surface area contributed by atoms with Gasteiger partial charge in [0.1, 0.15) is 0 Å². The van der Waals surface area contributed by atoms with Crippen molar-refractivity contribution in [2.45, 2.75) is 12.8 Å². The normalized spacial score (nSPS) is 15.4. The van der Waals surface area contributed by atoms with Gasteiger partial charge in [-0.05, 0) is 12.1 Å². The minimum absolute atomic E-state index is 0.0601. The van der Waals surface area contributed by atoms with Gasteiger partial charge < -0.3 is 14.9 Å². The molecule has 1 aromatic carbocycles. The van der Waals surface area contributed by atoms with Gasteiger partial charge in [-0.1, -0.05) is 18.2 Å². The van der Waals surface area contributed by atoms with E-state index in [2.05, 4.69) is 17.0 Å². The van der Waals surface area contributed by atoms with E-state index in [9.17, 15) is 9.59 Å². The molecule has 5 nitrogen and oxygen atoms in total. The molecule has 0 radical (unpaired) electrons. The van der Waals surface area contributed by atoms with Crippen molar-refractivity contribution in [3.05, 3.63) is 30.3 Å². The van der Waals surface area contributed by atoms with Crippen LogP contribution in [0.3, 0.4) is 0 Å². The van der Waals surface area contributed by atoms with Gasteiger partial charge in [0.15, 0.2) is 0 Å². The van der Waals surface area contributed by atoms with Gasteiger partial charge in [0.05, 0.1) is 6.42 Å². The lowest BCUT2D eigenvalue weighted by molar-refractivity contribution is -0.141. The molecular weight excluding hydrogens is 244 g/mol. The third-order valence-corrected chi connectivity index (χ3v) is 3.31. The van der Waals surface area contributed by atoms with Gasteiger partial charge in [-0.15, -0.1) is 0 Å². The first-order valence-electron chi connectivity index (χ1n) is 6.46. The molecule has 5 heteroatoms. The summed E-state index contributed by atoms with van der Waals surface area (Å²) in [5.41, 5.74) is 1.17. The number of para-hydroxylation sites is 1. The number of carboxylic acids is 1. The molecule has 1 aliphatic heterocycles. The van der Waals surface area contributed by atoms with Crippen LogP contribution in [0.1, 0.15) is 12.8 Å². The molecule has 0 atom stereocenters. The highest BCUT2D eigenvalue weighted by Gasteiger charge is 2.21. The average Bonchev–Trinajstić information content (AvgIpc) is 2.46. The number of carbonyl (C=O) groups excluding carboxylic acids is 1. The van der Waals surface area contributed by atoms with Gasteiger partial charge in [-0.25, -0.2) is 0 Å². The van der Waals surface area contributed by atoms with Crippen LogP contribution in [0.2, 0.25) is 0 Å². The first-order chi connectivity index (χ1) is 9.16. The number of piperazine rings is 1. The largest absolute Gasteiger partial charge is 0.481 e. The van der Waals surface area contributed by atoms with E-state index in [4.69, 9.17) is 5.11 Å². The lowest BCUT2D eigenvalue weighted by Gasteiger charge is -2.36. The molecule has 1 fully saturated rings. The Kier molecular flexibility index (Phi) is 4.39. The van der Waals surface area contributed by atoms with Crippen LogP contribution in [0.15, 0.2) is 30.3 Å². The number of aliphatic carboxylic acids is 1. The van der Waals surface area contributed by atoms with E-state index >= 15 is 0 Å². The van der Waals surface area contributed by atoms with Crippen molar-refractivity contribution in [1.29, 1.82) is 0 Å². The van der Waals surface area contributed by atoms with Crippen LogP contribution in [0, 0.1) is 0 Å². The molecule has 19 heavy (non-hydrogen) atoms. The molecule has 0 aliphatic carbocycles. The monoisotopic (exact) mass is 262 g/mol. The minimum Gasteiger partial charge on any atom is -0.481 e. The van der Waals surface area contributed by atoms with Crippen LogP contribution < -0.4 is 4.90 Å². The number of hydrogen-bond donors (Lipinski definition) is 1. The van der Waals surface area contributed by atoms with E-state index in [1.165, 1.54) is 5.69 Å². The number of anilines is 1.